The van der Waals surface area contributed by atoms with Gasteiger partial charge in [-0.25, -0.2) is 4.98 Å². The molecule has 2 unspecified atom stereocenters. The number of likely N-dealkylation sites (tertiary alicyclic amines) is 2. The van der Waals surface area contributed by atoms with Crippen molar-refractivity contribution < 1.29 is 19.1 Å². The number of amides is 2. The van der Waals surface area contributed by atoms with E-state index < -0.39 is 5.41 Å². The van der Waals surface area contributed by atoms with Crippen LogP contribution < -0.4 is 0 Å². The molecule has 0 saturated carbocycles. The van der Waals surface area contributed by atoms with E-state index in [0.29, 0.717) is 47.0 Å². The molecule has 0 radical (unpaired) electrons. The molecule has 4 rings (SSSR count). The van der Waals surface area contributed by atoms with Crippen molar-refractivity contribution in [3.05, 3.63) is 38.7 Å². The number of aliphatic hydroxyl groups excluding tert-OH is 1. The van der Waals surface area contributed by atoms with E-state index in [0.717, 1.165) is 0 Å². The zero-order chi connectivity index (χ0) is 19.3. The average Bonchev–Trinajstić information content (AvgIpc) is 3.35. The molecule has 2 aromatic rings. The Labute approximate surface area is 165 Å². The lowest BCUT2D eigenvalue weighted by atomic mass is 9.82. The van der Waals surface area contributed by atoms with Crippen molar-refractivity contribution in [2.75, 3.05) is 32.8 Å². The highest BCUT2D eigenvalue weighted by molar-refractivity contribution is 7.17. The molecule has 9 heteroatoms. The normalized spacial score (nSPS) is 24.5. The minimum Gasteiger partial charge on any atom is -0.436 e. The molecule has 2 saturated heterocycles. The van der Waals surface area contributed by atoms with Gasteiger partial charge < -0.3 is 19.3 Å². The number of halogens is 1. The monoisotopic (exact) mass is 409 g/mol. The number of oxazole rings is 1. The van der Waals surface area contributed by atoms with E-state index in [4.69, 9.17) is 16.0 Å². The molecule has 2 aliphatic heterocycles. The van der Waals surface area contributed by atoms with Crippen LogP contribution in [0.2, 0.25) is 4.34 Å². The molecule has 2 amide bonds. The first-order valence-electron chi connectivity index (χ1n) is 8.72. The Hall–Kier alpha value is -1.90. The fourth-order valence-electron chi connectivity index (χ4n) is 4.17. The summed E-state index contributed by atoms with van der Waals surface area (Å²) in [6, 6.07) is 3.43. The number of aliphatic hydroxyl groups is 1. The molecule has 2 atom stereocenters. The number of aryl methyl sites for hydroxylation is 2. The van der Waals surface area contributed by atoms with Crippen LogP contribution in [0.3, 0.4) is 0 Å². The van der Waals surface area contributed by atoms with Gasteiger partial charge in [-0.15, -0.1) is 11.3 Å². The fraction of sp³-hybridized carbons (Fsp3) is 0.500. The Bertz CT molecular complexity index is 910. The Balaban J connectivity index is 1.51. The summed E-state index contributed by atoms with van der Waals surface area (Å²) >= 11 is 7.19. The molecular formula is C18H20ClN3O4S. The predicted molar refractivity (Wildman–Crippen MR) is 100 cm³/mol. The number of rotatable bonds is 3. The summed E-state index contributed by atoms with van der Waals surface area (Å²) in [7, 11) is 0. The first kappa shape index (κ1) is 18.5. The van der Waals surface area contributed by atoms with Gasteiger partial charge in [0.05, 0.1) is 21.5 Å². The number of thiophene rings is 1. The van der Waals surface area contributed by atoms with Crippen molar-refractivity contribution in [1.29, 1.82) is 0 Å². The van der Waals surface area contributed by atoms with Gasteiger partial charge in [-0.2, -0.15) is 0 Å². The fourth-order valence-corrected chi connectivity index (χ4v) is 5.18. The summed E-state index contributed by atoms with van der Waals surface area (Å²) < 4.78 is 6.03. The van der Waals surface area contributed by atoms with Crippen LogP contribution in [0.5, 0.6) is 0 Å². The number of carbonyl (C=O) groups is 2. The van der Waals surface area contributed by atoms with Gasteiger partial charge in [0.25, 0.3) is 11.8 Å². The van der Waals surface area contributed by atoms with E-state index in [1.165, 1.54) is 11.3 Å². The molecule has 2 fully saturated rings. The Morgan fingerprint density at radius 3 is 2.44 bits per heavy atom. The number of hydrogen-bond donors (Lipinski definition) is 1. The van der Waals surface area contributed by atoms with E-state index in [1.54, 1.807) is 35.8 Å². The summed E-state index contributed by atoms with van der Waals surface area (Å²) in [6.45, 7) is 5.17. The molecule has 2 aromatic heterocycles. The van der Waals surface area contributed by atoms with Crippen LogP contribution in [0.25, 0.3) is 0 Å². The molecule has 4 heterocycles. The maximum atomic E-state index is 12.8. The standard InChI is InChI=1S/C18H20ClN3O4S/c1-10-15(26-11(2)20-10)17(25)22-6-12-5-21(7-18(12,8-22)9-23)16(24)13-3-4-14(19)27-13/h3-4,12,23H,5-9H2,1-2H3. The molecule has 0 aromatic carbocycles. The largest absolute Gasteiger partial charge is 0.436 e. The maximum absolute atomic E-state index is 12.8. The predicted octanol–water partition coefficient (Wildman–Crippen LogP) is 2.21. The highest BCUT2D eigenvalue weighted by Gasteiger charge is 2.54. The van der Waals surface area contributed by atoms with Crippen molar-refractivity contribution in [2.45, 2.75) is 13.8 Å². The molecule has 0 bridgehead atoms. The third-order valence-electron chi connectivity index (χ3n) is 5.53. The molecule has 7 nitrogen and oxygen atoms in total. The average molecular weight is 410 g/mol. The molecule has 0 spiro atoms. The lowest BCUT2D eigenvalue weighted by molar-refractivity contribution is 0.0650. The first-order valence-corrected chi connectivity index (χ1v) is 9.91. The van der Waals surface area contributed by atoms with Gasteiger partial charge >= 0.3 is 0 Å². The lowest BCUT2D eigenvalue weighted by Gasteiger charge is -2.26. The van der Waals surface area contributed by atoms with E-state index in [1.807, 2.05) is 0 Å². The van der Waals surface area contributed by atoms with Gasteiger partial charge in [0.1, 0.15) is 0 Å². The number of hydrogen-bond acceptors (Lipinski definition) is 6. The third kappa shape index (κ3) is 3.05. The summed E-state index contributed by atoms with van der Waals surface area (Å²) in [6.07, 6.45) is 0. The second-order valence-corrected chi connectivity index (χ2v) is 9.06. The molecule has 0 aliphatic carbocycles. The SMILES string of the molecule is Cc1nc(C)c(C(=O)N2CC3CN(C(=O)c4ccc(Cl)s4)CC3(CO)C2)o1. The van der Waals surface area contributed by atoms with Gasteiger partial charge in [-0.3, -0.25) is 9.59 Å². The second-order valence-electron chi connectivity index (χ2n) is 7.34. The first-order chi connectivity index (χ1) is 12.8. The van der Waals surface area contributed by atoms with Crippen LogP contribution in [-0.4, -0.2) is 64.5 Å². The smallest absolute Gasteiger partial charge is 0.291 e. The van der Waals surface area contributed by atoms with Crippen LogP contribution in [-0.2, 0) is 0 Å². The van der Waals surface area contributed by atoms with Gasteiger partial charge in [0.2, 0.25) is 5.76 Å². The van der Waals surface area contributed by atoms with Crippen molar-refractivity contribution in [3.8, 4) is 0 Å². The summed E-state index contributed by atoms with van der Waals surface area (Å²) in [4.78, 5) is 33.8. The van der Waals surface area contributed by atoms with Gasteiger partial charge in [-0.05, 0) is 19.1 Å². The quantitative estimate of drug-likeness (QED) is 0.839. The molecule has 144 valence electrons. The number of carbonyl (C=O) groups excluding carboxylic acids is 2. The zero-order valence-electron chi connectivity index (χ0n) is 15.1. The topological polar surface area (TPSA) is 86.9 Å². The van der Waals surface area contributed by atoms with Gasteiger partial charge in [0.15, 0.2) is 5.89 Å². The molecule has 2 aliphatic rings. The van der Waals surface area contributed by atoms with Crippen molar-refractivity contribution >= 4 is 34.8 Å². The molecule has 1 N–H and O–H groups in total. The van der Waals surface area contributed by atoms with Crippen molar-refractivity contribution in [1.82, 2.24) is 14.8 Å². The summed E-state index contributed by atoms with van der Waals surface area (Å²) in [5.74, 6) is 0.447. The number of nitrogens with zero attached hydrogens (tertiary/aromatic N) is 3. The zero-order valence-corrected chi connectivity index (χ0v) is 16.6. The van der Waals surface area contributed by atoms with E-state index in [-0.39, 0.29) is 30.1 Å². The van der Waals surface area contributed by atoms with E-state index in [9.17, 15) is 14.7 Å². The van der Waals surface area contributed by atoms with Crippen molar-refractivity contribution in [3.63, 3.8) is 0 Å². The summed E-state index contributed by atoms with van der Waals surface area (Å²) in [5, 5.41) is 10.1. The highest BCUT2D eigenvalue weighted by atomic mass is 35.5. The lowest BCUT2D eigenvalue weighted by Crippen LogP contribution is -2.40. The summed E-state index contributed by atoms with van der Waals surface area (Å²) in [5.41, 5.74) is 0.0639. The number of aromatic nitrogens is 1. The Morgan fingerprint density at radius 1 is 1.30 bits per heavy atom. The van der Waals surface area contributed by atoms with Crippen LogP contribution in [0.4, 0.5) is 0 Å². The molecule has 27 heavy (non-hydrogen) atoms. The number of fused-ring (bicyclic) bond motifs is 1. The van der Waals surface area contributed by atoms with E-state index >= 15 is 0 Å². The second kappa shape index (κ2) is 6.61. The maximum Gasteiger partial charge on any atom is 0.291 e. The van der Waals surface area contributed by atoms with E-state index in [2.05, 4.69) is 4.98 Å². The minimum atomic E-state index is -0.505. The van der Waals surface area contributed by atoms with Crippen molar-refractivity contribution in [2.24, 2.45) is 11.3 Å². The molecular weight excluding hydrogens is 390 g/mol. The minimum absolute atomic E-state index is 0.0233. The van der Waals surface area contributed by atoms with Crippen LogP contribution in [0.15, 0.2) is 16.5 Å². The van der Waals surface area contributed by atoms with Gasteiger partial charge in [-0.1, -0.05) is 11.6 Å². The van der Waals surface area contributed by atoms with Crippen LogP contribution >= 0.6 is 22.9 Å². The van der Waals surface area contributed by atoms with Gasteiger partial charge in [0, 0.05) is 44.4 Å². The van der Waals surface area contributed by atoms with Crippen LogP contribution in [0, 0.1) is 25.2 Å². The van der Waals surface area contributed by atoms with Crippen LogP contribution in [0.1, 0.15) is 31.8 Å². The Morgan fingerprint density at radius 2 is 1.96 bits per heavy atom. The Kier molecular flexibility index (Phi) is 4.52. The highest BCUT2D eigenvalue weighted by Crippen LogP contribution is 2.43. The third-order valence-corrected chi connectivity index (χ3v) is 6.75.